The standard InChI is InChI=1S/C13H15BrFNO2/c14-8-1-4-10(5-2-8)16-13(18)11-6-3-9(15)7-12(11)17/h3,6-8,10,17H,1-2,4-5H2,(H,16,18). The van der Waals surface area contributed by atoms with Crippen molar-refractivity contribution in [3.63, 3.8) is 0 Å². The van der Waals surface area contributed by atoms with Gasteiger partial charge in [0, 0.05) is 16.9 Å². The maximum Gasteiger partial charge on any atom is 0.255 e. The number of rotatable bonds is 2. The molecule has 5 heteroatoms. The van der Waals surface area contributed by atoms with Gasteiger partial charge in [0.25, 0.3) is 5.91 Å². The van der Waals surface area contributed by atoms with Crippen LogP contribution in [0.4, 0.5) is 4.39 Å². The van der Waals surface area contributed by atoms with E-state index in [0.717, 1.165) is 31.7 Å². The lowest BCUT2D eigenvalue weighted by atomic mass is 9.95. The normalized spacial score (nSPS) is 23.7. The first-order chi connectivity index (χ1) is 8.56. The van der Waals surface area contributed by atoms with E-state index in [1.165, 1.54) is 12.1 Å². The van der Waals surface area contributed by atoms with Gasteiger partial charge in [-0.05, 0) is 37.8 Å². The first kappa shape index (κ1) is 13.3. The highest BCUT2D eigenvalue weighted by Crippen LogP contribution is 2.25. The number of benzene rings is 1. The molecular weight excluding hydrogens is 301 g/mol. The zero-order valence-electron chi connectivity index (χ0n) is 9.83. The predicted molar refractivity (Wildman–Crippen MR) is 70.5 cm³/mol. The molecule has 0 spiro atoms. The molecule has 1 saturated carbocycles. The molecule has 0 bridgehead atoms. The van der Waals surface area contributed by atoms with Gasteiger partial charge in [-0.1, -0.05) is 15.9 Å². The molecular formula is C13H15BrFNO2. The molecule has 1 aromatic rings. The number of aromatic hydroxyl groups is 1. The lowest BCUT2D eigenvalue weighted by Crippen LogP contribution is -2.37. The molecule has 3 nitrogen and oxygen atoms in total. The molecule has 0 saturated heterocycles. The average Bonchev–Trinajstić information content (AvgIpc) is 2.32. The smallest absolute Gasteiger partial charge is 0.255 e. The number of alkyl halides is 1. The third kappa shape index (κ3) is 3.22. The van der Waals surface area contributed by atoms with Crippen molar-refractivity contribution < 1.29 is 14.3 Å². The Morgan fingerprint density at radius 3 is 2.61 bits per heavy atom. The Labute approximate surface area is 114 Å². The zero-order chi connectivity index (χ0) is 13.1. The first-order valence-corrected chi connectivity index (χ1v) is 6.91. The molecule has 0 atom stereocenters. The second kappa shape index (κ2) is 5.69. The lowest BCUT2D eigenvalue weighted by molar-refractivity contribution is 0.0925. The van der Waals surface area contributed by atoms with Gasteiger partial charge in [-0.25, -0.2) is 4.39 Å². The van der Waals surface area contributed by atoms with Crippen LogP contribution in [-0.4, -0.2) is 21.9 Å². The number of hydrogen-bond acceptors (Lipinski definition) is 2. The van der Waals surface area contributed by atoms with Gasteiger partial charge >= 0.3 is 0 Å². The van der Waals surface area contributed by atoms with Crippen LogP contribution >= 0.6 is 15.9 Å². The van der Waals surface area contributed by atoms with Crippen molar-refractivity contribution in [2.24, 2.45) is 0 Å². The van der Waals surface area contributed by atoms with E-state index in [1.807, 2.05) is 0 Å². The van der Waals surface area contributed by atoms with Crippen molar-refractivity contribution in [3.8, 4) is 5.75 Å². The highest BCUT2D eigenvalue weighted by Gasteiger charge is 2.22. The van der Waals surface area contributed by atoms with E-state index in [-0.39, 0.29) is 23.3 Å². The number of phenols is 1. The van der Waals surface area contributed by atoms with Gasteiger partial charge in [0.2, 0.25) is 0 Å². The summed E-state index contributed by atoms with van der Waals surface area (Å²) in [5.41, 5.74) is 0.123. The lowest BCUT2D eigenvalue weighted by Gasteiger charge is -2.26. The van der Waals surface area contributed by atoms with E-state index in [4.69, 9.17) is 0 Å². The fourth-order valence-corrected chi connectivity index (χ4v) is 2.69. The quantitative estimate of drug-likeness (QED) is 0.824. The second-order valence-electron chi connectivity index (χ2n) is 4.58. The molecule has 0 radical (unpaired) electrons. The van der Waals surface area contributed by atoms with Gasteiger partial charge in [0.05, 0.1) is 5.56 Å². The van der Waals surface area contributed by atoms with Gasteiger partial charge in [0.1, 0.15) is 11.6 Å². The molecule has 0 aliphatic heterocycles. The minimum atomic E-state index is -0.552. The van der Waals surface area contributed by atoms with Crippen LogP contribution in [0.2, 0.25) is 0 Å². The Balaban J connectivity index is 1.99. The summed E-state index contributed by atoms with van der Waals surface area (Å²) in [7, 11) is 0. The van der Waals surface area contributed by atoms with E-state index < -0.39 is 5.82 Å². The summed E-state index contributed by atoms with van der Waals surface area (Å²) in [4.78, 5) is 12.5. The number of hydrogen-bond donors (Lipinski definition) is 2. The largest absolute Gasteiger partial charge is 0.507 e. The van der Waals surface area contributed by atoms with Crippen LogP contribution in [0.3, 0.4) is 0 Å². The van der Waals surface area contributed by atoms with Crippen molar-refractivity contribution in [1.82, 2.24) is 5.32 Å². The molecule has 0 heterocycles. The highest BCUT2D eigenvalue weighted by atomic mass is 79.9. The van der Waals surface area contributed by atoms with Gasteiger partial charge in [-0.2, -0.15) is 0 Å². The Hall–Kier alpha value is -1.10. The third-order valence-electron chi connectivity index (χ3n) is 3.20. The fraction of sp³-hybridized carbons (Fsp3) is 0.462. The Bertz CT molecular complexity index is 445. The van der Waals surface area contributed by atoms with Crippen LogP contribution in [-0.2, 0) is 0 Å². The molecule has 2 N–H and O–H groups in total. The van der Waals surface area contributed by atoms with Crippen LogP contribution in [0.5, 0.6) is 5.75 Å². The second-order valence-corrected chi connectivity index (χ2v) is 5.88. The highest BCUT2D eigenvalue weighted by molar-refractivity contribution is 9.09. The Kier molecular flexibility index (Phi) is 4.22. The fourth-order valence-electron chi connectivity index (χ4n) is 2.16. The third-order valence-corrected chi connectivity index (χ3v) is 4.11. The van der Waals surface area contributed by atoms with E-state index >= 15 is 0 Å². The Morgan fingerprint density at radius 2 is 2.00 bits per heavy atom. The summed E-state index contributed by atoms with van der Waals surface area (Å²) in [6, 6.07) is 3.56. The summed E-state index contributed by atoms with van der Waals surface area (Å²) < 4.78 is 12.8. The number of phenolic OH excluding ortho intramolecular Hbond substituents is 1. The number of amides is 1. The van der Waals surface area contributed by atoms with Crippen LogP contribution in [0.1, 0.15) is 36.0 Å². The molecule has 1 aliphatic carbocycles. The monoisotopic (exact) mass is 315 g/mol. The molecule has 2 rings (SSSR count). The maximum atomic E-state index is 12.8. The summed E-state index contributed by atoms with van der Waals surface area (Å²) in [5.74, 6) is -1.21. The molecule has 98 valence electrons. The molecule has 1 aromatic carbocycles. The summed E-state index contributed by atoms with van der Waals surface area (Å²) >= 11 is 3.55. The predicted octanol–water partition coefficient (Wildman–Crippen LogP) is 2.97. The van der Waals surface area contributed by atoms with Crippen molar-refractivity contribution in [1.29, 1.82) is 0 Å². The zero-order valence-corrected chi connectivity index (χ0v) is 11.4. The molecule has 18 heavy (non-hydrogen) atoms. The maximum absolute atomic E-state index is 12.8. The summed E-state index contributed by atoms with van der Waals surface area (Å²) in [5, 5.41) is 12.4. The van der Waals surface area contributed by atoms with Crippen molar-refractivity contribution >= 4 is 21.8 Å². The number of carbonyl (C=O) groups excluding carboxylic acids is 1. The molecule has 0 unspecified atom stereocenters. The minimum Gasteiger partial charge on any atom is -0.507 e. The SMILES string of the molecule is O=C(NC1CCC(Br)CC1)c1ccc(F)cc1O. The van der Waals surface area contributed by atoms with Gasteiger partial charge in [-0.3, -0.25) is 4.79 Å². The van der Waals surface area contributed by atoms with Crippen LogP contribution in [0, 0.1) is 5.82 Å². The van der Waals surface area contributed by atoms with Crippen LogP contribution < -0.4 is 5.32 Å². The van der Waals surface area contributed by atoms with E-state index in [1.54, 1.807) is 0 Å². The van der Waals surface area contributed by atoms with Crippen molar-refractivity contribution in [2.75, 3.05) is 0 Å². The summed E-state index contributed by atoms with van der Waals surface area (Å²) in [6.45, 7) is 0. The number of nitrogens with one attached hydrogen (secondary N) is 1. The number of halogens is 2. The minimum absolute atomic E-state index is 0.123. The Morgan fingerprint density at radius 1 is 1.33 bits per heavy atom. The molecule has 1 aliphatic rings. The molecule has 0 aromatic heterocycles. The molecule has 1 fully saturated rings. The van der Waals surface area contributed by atoms with E-state index in [0.29, 0.717) is 4.83 Å². The van der Waals surface area contributed by atoms with Crippen molar-refractivity contribution in [2.45, 2.75) is 36.6 Å². The average molecular weight is 316 g/mol. The van der Waals surface area contributed by atoms with Crippen LogP contribution in [0.25, 0.3) is 0 Å². The topological polar surface area (TPSA) is 49.3 Å². The summed E-state index contributed by atoms with van der Waals surface area (Å²) in [6.07, 6.45) is 3.90. The molecule has 1 amide bonds. The van der Waals surface area contributed by atoms with Gasteiger partial charge in [0.15, 0.2) is 0 Å². The van der Waals surface area contributed by atoms with Gasteiger partial charge in [-0.15, -0.1) is 0 Å². The van der Waals surface area contributed by atoms with Crippen molar-refractivity contribution in [3.05, 3.63) is 29.6 Å². The number of carbonyl (C=O) groups is 1. The van der Waals surface area contributed by atoms with Gasteiger partial charge < -0.3 is 10.4 Å². The van der Waals surface area contributed by atoms with E-state index in [2.05, 4.69) is 21.2 Å². The van der Waals surface area contributed by atoms with Crippen LogP contribution in [0.15, 0.2) is 18.2 Å². The first-order valence-electron chi connectivity index (χ1n) is 5.99. The van der Waals surface area contributed by atoms with E-state index in [9.17, 15) is 14.3 Å².